The number of nitrogens with one attached hydrogen (secondary N) is 3. The second-order valence-electron chi connectivity index (χ2n) is 6.61. The first-order valence-corrected chi connectivity index (χ1v) is 10.8. The first-order chi connectivity index (χ1) is 11.9. The van der Waals surface area contributed by atoms with Crippen LogP contribution in [0.3, 0.4) is 0 Å². The summed E-state index contributed by atoms with van der Waals surface area (Å²) in [7, 11) is -1.43. The predicted octanol–water partition coefficient (Wildman–Crippen LogP) is 0.456. The van der Waals surface area contributed by atoms with Gasteiger partial charge in [0.05, 0.1) is 19.0 Å². The smallest absolute Gasteiger partial charge is 0.211 e. The highest BCUT2D eigenvalue weighted by Gasteiger charge is 2.22. The van der Waals surface area contributed by atoms with Gasteiger partial charge in [-0.15, -0.1) is 24.0 Å². The zero-order chi connectivity index (χ0) is 18.7. The summed E-state index contributed by atoms with van der Waals surface area (Å²) in [5, 5.41) is 6.51. The van der Waals surface area contributed by atoms with E-state index in [1.54, 1.807) is 14.0 Å². The number of aliphatic imine (C=N–C) groups is 1. The number of halogens is 1. The summed E-state index contributed by atoms with van der Waals surface area (Å²) in [4.78, 5) is 6.68. The first-order valence-electron chi connectivity index (χ1n) is 9.11. The van der Waals surface area contributed by atoms with Crippen LogP contribution in [0.15, 0.2) is 4.99 Å². The lowest BCUT2D eigenvalue weighted by molar-refractivity contribution is 0.0132. The largest absolute Gasteiger partial charge is 0.379 e. The van der Waals surface area contributed by atoms with Crippen LogP contribution in [-0.2, 0) is 14.8 Å². The van der Waals surface area contributed by atoms with E-state index in [1.807, 2.05) is 0 Å². The Bertz CT molecular complexity index is 496. The molecule has 1 aliphatic heterocycles. The number of sulfonamides is 1. The zero-order valence-corrected chi connectivity index (χ0v) is 19.6. The van der Waals surface area contributed by atoms with Crippen molar-refractivity contribution >= 4 is 40.0 Å². The second kappa shape index (κ2) is 13.9. The summed E-state index contributed by atoms with van der Waals surface area (Å²) in [5.74, 6) is 1.40. The standard InChI is InChI=1S/C16H35N5O3S.HI/c1-5-25(22,23)20-7-6-18-16(17-4)19-13-15(12-14(2)3)21-8-10-24-11-9-21;/h14-15,20H,5-13H2,1-4H3,(H2,17,18,19);1H. The SMILES string of the molecule is CCS(=O)(=O)NCCNC(=NC)NCC(CC(C)C)N1CCOCC1.I. The van der Waals surface area contributed by atoms with Gasteiger partial charge < -0.3 is 15.4 Å². The van der Waals surface area contributed by atoms with E-state index in [4.69, 9.17) is 4.74 Å². The van der Waals surface area contributed by atoms with Gasteiger partial charge in [-0.25, -0.2) is 13.1 Å². The number of hydrogen-bond acceptors (Lipinski definition) is 5. The lowest BCUT2D eigenvalue weighted by Crippen LogP contribution is -2.51. The molecule has 0 saturated carbocycles. The van der Waals surface area contributed by atoms with E-state index in [0.717, 1.165) is 39.3 Å². The fourth-order valence-electron chi connectivity index (χ4n) is 2.77. The number of morpholine rings is 1. The van der Waals surface area contributed by atoms with Crippen LogP contribution in [0.1, 0.15) is 27.2 Å². The molecular weight excluding hydrogens is 469 g/mol. The summed E-state index contributed by atoms with van der Waals surface area (Å²) in [6, 6.07) is 0.432. The topological polar surface area (TPSA) is 95.1 Å². The van der Waals surface area contributed by atoms with Gasteiger partial charge in [0.2, 0.25) is 10.0 Å². The molecule has 0 amide bonds. The van der Waals surface area contributed by atoms with Crippen molar-refractivity contribution in [1.82, 2.24) is 20.3 Å². The van der Waals surface area contributed by atoms with Crippen molar-refractivity contribution in [2.45, 2.75) is 33.2 Å². The fraction of sp³-hybridized carbons (Fsp3) is 0.938. The van der Waals surface area contributed by atoms with E-state index in [1.165, 1.54) is 0 Å². The highest BCUT2D eigenvalue weighted by atomic mass is 127. The molecule has 0 aromatic rings. The van der Waals surface area contributed by atoms with Gasteiger partial charge in [-0.1, -0.05) is 13.8 Å². The van der Waals surface area contributed by atoms with Gasteiger partial charge in [-0.05, 0) is 19.3 Å². The monoisotopic (exact) mass is 505 g/mol. The lowest BCUT2D eigenvalue weighted by atomic mass is 10.0. The maximum Gasteiger partial charge on any atom is 0.211 e. The summed E-state index contributed by atoms with van der Waals surface area (Å²) in [5.41, 5.74) is 0. The van der Waals surface area contributed by atoms with Gasteiger partial charge in [0.15, 0.2) is 5.96 Å². The molecule has 0 spiro atoms. The molecule has 0 aliphatic carbocycles. The molecule has 1 saturated heterocycles. The molecule has 1 fully saturated rings. The number of nitrogens with zero attached hydrogens (tertiary/aromatic N) is 2. The average Bonchev–Trinajstić information content (AvgIpc) is 2.60. The van der Waals surface area contributed by atoms with Crippen LogP contribution in [0.25, 0.3) is 0 Å². The Balaban J connectivity index is 0.00000625. The number of hydrogen-bond donors (Lipinski definition) is 3. The minimum atomic E-state index is -3.15. The summed E-state index contributed by atoms with van der Waals surface area (Å²) in [6.07, 6.45) is 1.11. The summed E-state index contributed by atoms with van der Waals surface area (Å²) in [6.45, 7) is 11.2. The van der Waals surface area contributed by atoms with Gasteiger partial charge in [-0.2, -0.15) is 0 Å². The molecule has 1 unspecified atom stereocenters. The Morgan fingerprint density at radius 2 is 1.85 bits per heavy atom. The van der Waals surface area contributed by atoms with Crippen LogP contribution < -0.4 is 15.4 Å². The third-order valence-electron chi connectivity index (χ3n) is 4.15. The van der Waals surface area contributed by atoms with Crippen molar-refractivity contribution in [3.05, 3.63) is 0 Å². The van der Waals surface area contributed by atoms with Gasteiger partial charge >= 0.3 is 0 Å². The average molecular weight is 505 g/mol. The van der Waals surface area contributed by atoms with Crippen molar-refractivity contribution in [3.63, 3.8) is 0 Å². The van der Waals surface area contributed by atoms with Crippen molar-refractivity contribution in [2.75, 3.05) is 58.7 Å². The first kappa shape index (κ1) is 25.8. The minimum Gasteiger partial charge on any atom is -0.379 e. The number of rotatable bonds is 10. The van der Waals surface area contributed by atoms with Crippen LogP contribution in [0.5, 0.6) is 0 Å². The molecule has 0 radical (unpaired) electrons. The third-order valence-corrected chi connectivity index (χ3v) is 5.56. The molecule has 156 valence electrons. The Labute approximate surface area is 176 Å². The van der Waals surface area contributed by atoms with E-state index in [2.05, 4.69) is 39.1 Å². The summed E-state index contributed by atoms with van der Waals surface area (Å²) >= 11 is 0. The Hall–Kier alpha value is -0.170. The molecule has 1 aliphatic rings. The lowest BCUT2D eigenvalue weighted by Gasteiger charge is -2.35. The maximum atomic E-state index is 11.4. The van der Waals surface area contributed by atoms with Gasteiger partial charge in [-0.3, -0.25) is 9.89 Å². The molecule has 0 bridgehead atoms. The molecule has 0 aromatic heterocycles. The quantitative estimate of drug-likeness (QED) is 0.173. The minimum absolute atomic E-state index is 0. The molecule has 10 heteroatoms. The number of guanidine groups is 1. The summed E-state index contributed by atoms with van der Waals surface area (Å²) < 4.78 is 30.8. The Kier molecular flexibility index (Phi) is 13.8. The van der Waals surface area contributed by atoms with Crippen LogP contribution in [0.2, 0.25) is 0 Å². The van der Waals surface area contributed by atoms with Crippen molar-refractivity contribution in [3.8, 4) is 0 Å². The van der Waals surface area contributed by atoms with E-state index >= 15 is 0 Å². The maximum absolute atomic E-state index is 11.4. The molecule has 8 nitrogen and oxygen atoms in total. The third kappa shape index (κ3) is 10.9. The van der Waals surface area contributed by atoms with Crippen LogP contribution in [0.4, 0.5) is 0 Å². The Morgan fingerprint density at radius 1 is 1.19 bits per heavy atom. The molecule has 1 heterocycles. The highest BCUT2D eigenvalue weighted by molar-refractivity contribution is 14.0. The van der Waals surface area contributed by atoms with Crippen LogP contribution in [-0.4, -0.2) is 84.1 Å². The van der Waals surface area contributed by atoms with E-state index < -0.39 is 10.0 Å². The molecule has 26 heavy (non-hydrogen) atoms. The second-order valence-corrected chi connectivity index (χ2v) is 8.70. The van der Waals surface area contributed by atoms with Crippen molar-refractivity contribution in [1.29, 1.82) is 0 Å². The van der Waals surface area contributed by atoms with E-state index in [-0.39, 0.29) is 29.7 Å². The molecule has 0 aromatic carbocycles. The Morgan fingerprint density at radius 3 is 2.38 bits per heavy atom. The molecule has 1 atom stereocenters. The molecule has 1 rings (SSSR count). The van der Waals surface area contributed by atoms with Gasteiger partial charge in [0.1, 0.15) is 0 Å². The molecular formula is C16H36IN5O3S. The van der Waals surface area contributed by atoms with Crippen molar-refractivity contribution in [2.24, 2.45) is 10.9 Å². The zero-order valence-electron chi connectivity index (χ0n) is 16.5. The molecule has 3 N–H and O–H groups in total. The van der Waals surface area contributed by atoms with Gasteiger partial charge in [0.25, 0.3) is 0 Å². The van der Waals surface area contributed by atoms with E-state index in [0.29, 0.717) is 31.0 Å². The highest BCUT2D eigenvalue weighted by Crippen LogP contribution is 2.12. The van der Waals surface area contributed by atoms with Crippen molar-refractivity contribution < 1.29 is 13.2 Å². The normalized spacial score (nSPS) is 17.7. The van der Waals surface area contributed by atoms with Crippen LogP contribution in [0, 0.1) is 5.92 Å². The fourth-order valence-corrected chi connectivity index (χ4v) is 3.39. The van der Waals surface area contributed by atoms with Gasteiger partial charge in [0, 0.05) is 45.8 Å². The predicted molar refractivity (Wildman–Crippen MR) is 118 cm³/mol. The van der Waals surface area contributed by atoms with E-state index in [9.17, 15) is 8.42 Å². The van der Waals surface area contributed by atoms with Crippen LogP contribution >= 0.6 is 24.0 Å². The number of ether oxygens (including phenoxy) is 1.